The van der Waals surface area contributed by atoms with E-state index in [1.165, 1.54) is 5.56 Å². The monoisotopic (exact) mass is 294 g/mol. The summed E-state index contributed by atoms with van der Waals surface area (Å²) in [5.41, 5.74) is 4.21. The first kappa shape index (κ1) is 14.2. The molecule has 0 saturated carbocycles. The van der Waals surface area contributed by atoms with Crippen molar-refractivity contribution < 1.29 is 4.74 Å². The fourth-order valence-electron chi connectivity index (χ4n) is 2.37. The Kier molecular flexibility index (Phi) is 3.80. The Morgan fingerprint density at radius 2 is 1.86 bits per heavy atom. The molecule has 3 rings (SSSR count). The molecule has 0 atom stereocenters. The number of methoxy groups -OCH3 is 1. The average molecular weight is 294 g/mol. The number of aryl methyl sites for hydroxylation is 1. The van der Waals surface area contributed by atoms with Crippen LogP contribution in [0.3, 0.4) is 0 Å². The molecule has 0 aliphatic heterocycles. The summed E-state index contributed by atoms with van der Waals surface area (Å²) in [5.74, 6) is 7.81. The van der Waals surface area contributed by atoms with Gasteiger partial charge in [0.05, 0.1) is 19.0 Å². The molecule has 0 fully saturated rings. The quantitative estimate of drug-likeness (QED) is 0.571. The van der Waals surface area contributed by atoms with Crippen LogP contribution in [0.4, 0.5) is 11.5 Å². The van der Waals surface area contributed by atoms with Gasteiger partial charge in [-0.25, -0.2) is 5.84 Å². The van der Waals surface area contributed by atoms with E-state index in [9.17, 15) is 0 Å². The number of hydrogen-bond donors (Lipinski definition) is 2. The molecule has 0 saturated heterocycles. The van der Waals surface area contributed by atoms with Crippen LogP contribution in [0.25, 0.3) is 11.1 Å². The lowest BCUT2D eigenvalue weighted by molar-refractivity contribution is 0.415. The molecule has 0 aliphatic carbocycles. The molecule has 0 unspecified atom stereocenters. The molecule has 2 aromatic carbocycles. The number of aromatic nitrogens is 2. The van der Waals surface area contributed by atoms with Crippen LogP contribution in [0.2, 0.25) is 0 Å². The normalized spacial score (nSPS) is 10.5. The van der Waals surface area contributed by atoms with E-state index in [2.05, 4.69) is 23.2 Å². The van der Waals surface area contributed by atoms with Gasteiger partial charge in [-0.3, -0.25) is 10.1 Å². The van der Waals surface area contributed by atoms with Gasteiger partial charge in [0.1, 0.15) is 11.6 Å². The van der Waals surface area contributed by atoms with Crippen LogP contribution in [0.1, 0.15) is 5.56 Å². The summed E-state index contributed by atoms with van der Waals surface area (Å²) in [6.45, 7) is 2.06. The predicted molar refractivity (Wildman–Crippen MR) is 88.1 cm³/mol. The second kappa shape index (κ2) is 5.91. The molecule has 112 valence electrons. The van der Waals surface area contributed by atoms with Gasteiger partial charge >= 0.3 is 0 Å². The van der Waals surface area contributed by atoms with Gasteiger partial charge in [0.2, 0.25) is 0 Å². The van der Waals surface area contributed by atoms with Gasteiger partial charge in [-0.1, -0.05) is 23.8 Å². The number of rotatable bonds is 4. The van der Waals surface area contributed by atoms with Crippen LogP contribution in [0, 0.1) is 6.92 Å². The SMILES string of the molecule is COc1ccc(-c2cc(C)ccc2N(N)c2ccn[nH]2)cc1. The first-order valence-corrected chi connectivity index (χ1v) is 6.98. The molecule has 3 N–H and O–H groups in total. The minimum absolute atomic E-state index is 0.735. The highest BCUT2D eigenvalue weighted by Gasteiger charge is 2.13. The highest BCUT2D eigenvalue weighted by molar-refractivity contribution is 5.81. The summed E-state index contributed by atoms with van der Waals surface area (Å²) in [4.78, 5) is 0. The van der Waals surface area contributed by atoms with Crippen molar-refractivity contribution in [3.8, 4) is 16.9 Å². The van der Waals surface area contributed by atoms with Crippen LogP contribution in [0.5, 0.6) is 5.75 Å². The number of anilines is 2. The van der Waals surface area contributed by atoms with Crippen LogP contribution >= 0.6 is 0 Å². The summed E-state index contributed by atoms with van der Waals surface area (Å²) in [7, 11) is 1.66. The number of H-pyrrole nitrogens is 1. The standard InChI is InChI=1S/C17H18N4O/c1-12-3-8-16(21(18)17-9-10-19-20-17)15(11-12)13-4-6-14(22-2)7-5-13/h3-11H,18H2,1-2H3,(H,19,20). The Bertz CT molecular complexity index is 751. The van der Waals surface area contributed by atoms with E-state index < -0.39 is 0 Å². The predicted octanol–water partition coefficient (Wildman–Crippen LogP) is 3.41. The summed E-state index contributed by atoms with van der Waals surface area (Å²) >= 11 is 0. The van der Waals surface area contributed by atoms with Gasteiger partial charge < -0.3 is 4.74 Å². The highest BCUT2D eigenvalue weighted by atomic mass is 16.5. The third-order valence-corrected chi connectivity index (χ3v) is 3.56. The molecule has 1 heterocycles. The number of nitrogens with one attached hydrogen (secondary N) is 1. The van der Waals surface area contributed by atoms with Crippen LogP contribution in [-0.4, -0.2) is 17.3 Å². The average Bonchev–Trinajstić information content (AvgIpc) is 3.09. The van der Waals surface area contributed by atoms with E-state index in [1.807, 2.05) is 42.5 Å². The van der Waals surface area contributed by atoms with E-state index in [0.29, 0.717) is 0 Å². The largest absolute Gasteiger partial charge is 0.497 e. The number of aromatic amines is 1. The first-order chi connectivity index (χ1) is 10.7. The lowest BCUT2D eigenvalue weighted by Crippen LogP contribution is -2.26. The van der Waals surface area contributed by atoms with Gasteiger partial charge in [-0.15, -0.1) is 0 Å². The first-order valence-electron chi connectivity index (χ1n) is 6.98. The maximum Gasteiger partial charge on any atom is 0.143 e. The van der Waals surface area contributed by atoms with Crippen LogP contribution in [0.15, 0.2) is 54.7 Å². The number of nitrogens with two attached hydrogens (primary N) is 1. The summed E-state index contributed by atoms with van der Waals surface area (Å²) < 4.78 is 5.22. The van der Waals surface area contributed by atoms with Crippen molar-refractivity contribution >= 4 is 11.5 Å². The molecule has 0 bridgehead atoms. The third kappa shape index (κ3) is 2.66. The van der Waals surface area contributed by atoms with Gasteiger partial charge in [-0.2, -0.15) is 5.10 Å². The van der Waals surface area contributed by atoms with E-state index in [0.717, 1.165) is 28.4 Å². The smallest absolute Gasteiger partial charge is 0.143 e. The van der Waals surface area contributed by atoms with Gasteiger partial charge in [0.15, 0.2) is 0 Å². The molecular formula is C17H18N4O. The molecule has 22 heavy (non-hydrogen) atoms. The second-order valence-electron chi connectivity index (χ2n) is 5.06. The maximum atomic E-state index is 6.24. The Labute approximate surface area is 129 Å². The summed E-state index contributed by atoms with van der Waals surface area (Å²) in [6.07, 6.45) is 1.68. The van der Waals surface area contributed by atoms with Crippen molar-refractivity contribution in [2.24, 2.45) is 5.84 Å². The third-order valence-electron chi connectivity index (χ3n) is 3.56. The Balaban J connectivity index is 2.07. The fourth-order valence-corrected chi connectivity index (χ4v) is 2.37. The highest BCUT2D eigenvalue weighted by Crippen LogP contribution is 2.34. The lowest BCUT2D eigenvalue weighted by atomic mass is 10.0. The van der Waals surface area contributed by atoms with E-state index >= 15 is 0 Å². The zero-order valence-electron chi connectivity index (χ0n) is 12.6. The van der Waals surface area contributed by atoms with E-state index in [1.54, 1.807) is 18.3 Å². The Morgan fingerprint density at radius 1 is 1.09 bits per heavy atom. The molecule has 0 radical (unpaired) electrons. The van der Waals surface area contributed by atoms with Crippen molar-refractivity contribution in [3.05, 3.63) is 60.3 Å². The number of ether oxygens (including phenoxy) is 1. The molecule has 0 spiro atoms. The van der Waals surface area contributed by atoms with Crippen molar-refractivity contribution in [2.75, 3.05) is 12.1 Å². The maximum absolute atomic E-state index is 6.24. The fraction of sp³-hybridized carbons (Fsp3) is 0.118. The second-order valence-corrected chi connectivity index (χ2v) is 5.06. The van der Waals surface area contributed by atoms with Gasteiger partial charge in [0.25, 0.3) is 0 Å². The zero-order valence-corrected chi connectivity index (χ0v) is 12.6. The van der Waals surface area contributed by atoms with Crippen LogP contribution in [-0.2, 0) is 0 Å². The van der Waals surface area contributed by atoms with Crippen molar-refractivity contribution in [3.63, 3.8) is 0 Å². The minimum atomic E-state index is 0.735. The molecular weight excluding hydrogens is 276 g/mol. The van der Waals surface area contributed by atoms with Crippen molar-refractivity contribution in [1.82, 2.24) is 10.2 Å². The molecule has 0 aliphatic rings. The topological polar surface area (TPSA) is 67.2 Å². The van der Waals surface area contributed by atoms with Gasteiger partial charge in [-0.05, 0) is 36.8 Å². The van der Waals surface area contributed by atoms with Crippen molar-refractivity contribution in [2.45, 2.75) is 6.92 Å². The lowest BCUT2D eigenvalue weighted by Gasteiger charge is -2.21. The van der Waals surface area contributed by atoms with Crippen molar-refractivity contribution in [1.29, 1.82) is 0 Å². The summed E-state index contributed by atoms with van der Waals surface area (Å²) in [6, 6.07) is 15.9. The number of benzene rings is 2. The molecule has 5 nitrogen and oxygen atoms in total. The number of nitrogens with zero attached hydrogens (tertiary/aromatic N) is 2. The minimum Gasteiger partial charge on any atom is -0.497 e. The summed E-state index contributed by atoms with van der Waals surface area (Å²) in [5, 5.41) is 8.43. The molecule has 5 heteroatoms. The van der Waals surface area contributed by atoms with Gasteiger partial charge in [0, 0.05) is 11.6 Å². The molecule has 1 aromatic heterocycles. The Hall–Kier alpha value is -2.79. The molecule has 0 amide bonds. The molecule has 3 aromatic rings. The van der Waals surface area contributed by atoms with Crippen LogP contribution < -0.4 is 15.6 Å². The number of hydrazine groups is 1. The zero-order chi connectivity index (χ0) is 15.5. The Morgan fingerprint density at radius 3 is 2.50 bits per heavy atom. The number of hydrogen-bond acceptors (Lipinski definition) is 4. The van der Waals surface area contributed by atoms with E-state index in [4.69, 9.17) is 10.6 Å². The van der Waals surface area contributed by atoms with E-state index in [-0.39, 0.29) is 0 Å².